The second-order valence-electron chi connectivity index (χ2n) is 4.10. The molecule has 0 saturated carbocycles. The summed E-state index contributed by atoms with van der Waals surface area (Å²) in [6.07, 6.45) is -5.47. The van der Waals surface area contributed by atoms with Crippen molar-refractivity contribution in [1.29, 1.82) is 0 Å². The van der Waals surface area contributed by atoms with Crippen LogP contribution in [-0.4, -0.2) is 32.8 Å². The Morgan fingerprint density at radius 2 is 1.56 bits per heavy atom. The molecule has 0 fully saturated rings. The van der Waals surface area contributed by atoms with Gasteiger partial charge in [0.2, 0.25) is 0 Å². The van der Waals surface area contributed by atoms with Gasteiger partial charge in [0.15, 0.2) is 11.6 Å². The van der Waals surface area contributed by atoms with Gasteiger partial charge in [-0.1, -0.05) is 0 Å². The Labute approximate surface area is 134 Å². The molecule has 0 aliphatic carbocycles. The van der Waals surface area contributed by atoms with E-state index in [1.165, 1.54) is 0 Å². The van der Waals surface area contributed by atoms with E-state index < -0.39 is 56.2 Å². The Balaban J connectivity index is 3.78. The number of ketones is 1. The molecule has 140 valence electrons. The van der Waals surface area contributed by atoms with Gasteiger partial charge in [-0.05, 0) is 12.1 Å². The van der Waals surface area contributed by atoms with Crippen LogP contribution in [0.3, 0.4) is 0 Å². The molecule has 0 N–H and O–H groups in total. The van der Waals surface area contributed by atoms with Gasteiger partial charge < -0.3 is 8.92 Å². The average molecular weight is 398 g/mol. The summed E-state index contributed by atoms with van der Waals surface area (Å²) in [6, 6.07) is -0.170. The van der Waals surface area contributed by atoms with E-state index in [0.29, 0.717) is 7.11 Å². The number of methoxy groups -OCH3 is 1. The van der Waals surface area contributed by atoms with E-state index in [-0.39, 0.29) is 12.1 Å². The molecule has 1 aromatic rings. The number of alkyl halides is 6. The van der Waals surface area contributed by atoms with Crippen LogP contribution in [0.1, 0.15) is 15.9 Å². The number of rotatable bonds is 4. The van der Waals surface area contributed by atoms with E-state index in [1.54, 1.807) is 0 Å². The van der Waals surface area contributed by atoms with Gasteiger partial charge in [-0.3, -0.25) is 4.79 Å². The summed E-state index contributed by atoms with van der Waals surface area (Å²) in [7, 11) is -6.09. The lowest BCUT2D eigenvalue weighted by Gasteiger charge is -2.17. The molecule has 25 heavy (non-hydrogen) atoms. The van der Waals surface area contributed by atoms with Crippen molar-refractivity contribution in [3.05, 3.63) is 29.1 Å². The quantitative estimate of drug-likeness (QED) is 0.193. The smallest absolute Gasteiger partial charge is 0.463 e. The van der Waals surface area contributed by atoms with E-state index >= 15 is 0 Å². The highest BCUT2D eigenvalue weighted by molar-refractivity contribution is 7.88. The van der Waals surface area contributed by atoms with E-state index in [4.69, 9.17) is 0 Å². The van der Waals surface area contributed by atoms with E-state index in [9.17, 15) is 48.7 Å². The van der Waals surface area contributed by atoms with Crippen molar-refractivity contribution in [3.63, 3.8) is 0 Å². The normalized spacial score (nSPS) is 12.6. The standard InChI is InChI=1S/C11H5F7O6S/c1-23-9(20)7(19)6-4(10(13,14)15)2-3-5(12)8(6)24-25(21,22)11(16,17)18/h2-3H,1H3. The summed E-state index contributed by atoms with van der Waals surface area (Å²) in [5, 5.41) is 0. The topological polar surface area (TPSA) is 86.7 Å². The largest absolute Gasteiger partial charge is 0.534 e. The van der Waals surface area contributed by atoms with Crippen molar-refractivity contribution in [2.45, 2.75) is 11.7 Å². The first-order chi connectivity index (χ1) is 11.1. The Hall–Kier alpha value is -2.38. The van der Waals surface area contributed by atoms with Crippen LogP contribution < -0.4 is 4.18 Å². The number of carbonyl (C=O) groups is 2. The SMILES string of the molecule is COC(=O)C(=O)c1c(C(F)(F)F)ccc(F)c1OS(=O)(=O)C(F)(F)F. The number of hydrogen-bond acceptors (Lipinski definition) is 6. The monoisotopic (exact) mass is 398 g/mol. The third kappa shape index (κ3) is 4.18. The molecule has 1 aromatic carbocycles. The first-order valence-corrected chi connectivity index (χ1v) is 7.07. The minimum absolute atomic E-state index is 0.0847. The summed E-state index contributed by atoms with van der Waals surface area (Å²) in [5.41, 5.74) is -10.3. The van der Waals surface area contributed by atoms with Gasteiger partial charge in [0.05, 0.1) is 18.2 Å². The molecule has 0 aliphatic heterocycles. The minimum Gasteiger partial charge on any atom is -0.463 e. The second-order valence-corrected chi connectivity index (χ2v) is 5.64. The van der Waals surface area contributed by atoms with E-state index in [1.807, 2.05) is 0 Å². The molecule has 1 rings (SSSR count). The predicted octanol–water partition coefficient (Wildman–Crippen LogP) is 2.43. The van der Waals surface area contributed by atoms with Crippen molar-refractivity contribution < 1.29 is 57.7 Å². The highest BCUT2D eigenvalue weighted by Gasteiger charge is 2.50. The van der Waals surface area contributed by atoms with Crippen molar-refractivity contribution in [3.8, 4) is 5.75 Å². The lowest BCUT2D eigenvalue weighted by Crippen LogP contribution is -2.30. The molecule has 0 radical (unpaired) electrons. The third-order valence-electron chi connectivity index (χ3n) is 2.49. The van der Waals surface area contributed by atoms with Gasteiger partial charge in [-0.25, -0.2) is 9.18 Å². The fraction of sp³-hybridized carbons (Fsp3) is 0.273. The number of hydrogen-bond donors (Lipinski definition) is 0. The average Bonchev–Trinajstić information content (AvgIpc) is 2.44. The van der Waals surface area contributed by atoms with Gasteiger partial charge in [-0.2, -0.15) is 34.8 Å². The molecule has 14 heteroatoms. The molecule has 0 saturated heterocycles. The van der Waals surface area contributed by atoms with Crippen LogP contribution in [0.4, 0.5) is 30.7 Å². The van der Waals surface area contributed by atoms with Crippen molar-refractivity contribution in [2.24, 2.45) is 0 Å². The van der Waals surface area contributed by atoms with Crippen molar-refractivity contribution in [2.75, 3.05) is 7.11 Å². The van der Waals surface area contributed by atoms with Gasteiger partial charge >= 0.3 is 27.8 Å². The van der Waals surface area contributed by atoms with E-state index in [2.05, 4.69) is 8.92 Å². The Kier molecular flexibility index (Phi) is 5.37. The van der Waals surface area contributed by atoms with Crippen LogP contribution in [0.2, 0.25) is 0 Å². The van der Waals surface area contributed by atoms with E-state index in [0.717, 1.165) is 0 Å². The lowest BCUT2D eigenvalue weighted by molar-refractivity contribution is -0.138. The fourth-order valence-corrected chi connectivity index (χ4v) is 1.93. The molecule has 0 bridgehead atoms. The number of esters is 1. The summed E-state index contributed by atoms with van der Waals surface area (Å²) >= 11 is 0. The molecular weight excluding hydrogens is 393 g/mol. The number of benzene rings is 1. The highest BCUT2D eigenvalue weighted by atomic mass is 32.2. The summed E-state index contributed by atoms with van der Waals surface area (Å²) in [5.74, 6) is -8.58. The Bertz CT molecular complexity index is 809. The van der Waals surface area contributed by atoms with Gasteiger partial charge in [0.1, 0.15) is 0 Å². The molecule has 0 aliphatic rings. The highest BCUT2D eigenvalue weighted by Crippen LogP contribution is 2.39. The number of Topliss-reactive ketones (excluding diaryl/α,β-unsaturated/α-hetero) is 1. The number of halogens is 7. The zero-order valence-corrected chi connectivity index (χ0v) is 12.5. The van der Waals surface area contributed by atoms with Gasteiger partial charge in [0, 0.05) is 0 Å². The minimum atomic E-state index is -6.64. The summed E-state index contributed by atoms with van der Waals surface area (Å²) in [6.45, 7) is 0. The maximum Gasteiger partial charge on any atom is 0.534 e. The van der Waals surface area contributed by atoms with Crippen LogP contribution in [0.5, 0.6) is 5.75 Å². The second kappa shape index (κ2) is 6.50. The van der Waals surface area contributed by atoms with Gasteiger partial charge in [-0.15, -0.1) is 0 Å². The molecule has 0 atom stereocenters. The van der Waals surface area contributed by atoms with Crippen molar-refractivity contribution in [1.82, 2.24) is 0 Å². The molecule has 0 spiro atoms. The Morgan fingerprint density at radius 1 is 1.04 bits per heavy atom. The molecule has 6 nitrogen and oxygen atoms in total. The van der Waals surface area contributed by atoms with Gasteiger partial charge in [0.25, 0.3) is 5.78 Å². The molecule has 0 unspecified atom stereocenters. The fourth-order valence-electron chi connectivity index (χ4n) is 1.45. The van der Waals surface area contributed by atoms with Crippen LogP contribution in [-0.2, 0) is 25.8 Å². The number of ether oxygens (including phenoxy) is 1. The maximum atomic E-state index is 13.6. The lowest BCUT2D eigenvalue weighted by atomic mass is 10.0. The summed E-state index contributed by atoms with van der Waals surface area (Å²) in [4.78, 5) is 22.8. The third-order valence-corrected chi connectivity index (χ3v) is 3.44. The molecule has 0 amide bonds. The summed E-state index contributed by atoms with van der Waals surface area (Å²) < 4.78 is 118. The van der Waals surface area contributed by atoms with Crippen LogP contribution >= 0.6 is 0 Å². The van der Waals surface area contributed by atoms with Crippen LogP contribution in [0, 0.1) is 5.82 Å². The maximum absolute atomic E-state index is 13.6. The molecule has 0 heterocycles. The number of carbonyl (C=O) groups excluding carboxylic acids is 2. The first-order valence-electron chi connectivity index (χ1n) is 5.66. The van der Waals surface area contributed by atoms with Crippen LogP contribution in [0.15, 0.2) is 12.1 Å². The van der Waals surface area contributed by atoms with Crippen LogP contribution in [0.25, 0.3) is 0 Å². The zero-order valence-electron chi connectivity index (χ0n) is 11.7. The van der Waals surface area contributed by atoms with Crippen molar-refractivity contribution >= 4 is 21.9 Å². The molecular formula is C11H5F7O6S. The zero-order chi connectivity index (χ0) is 19.8. The first kappa shape index (κ1) is 20.7. The molecule has 0 aromatic heterocycles. The predicted molar refractivity (Wildman–Crippen MR) is 63.4 cm³/mol. The Morgan fingerprint density at radius 3 is 1.96 bits per heavy atom.